The molecule has 0 saturated heterocycles. The summed E-state index contributed by atoms with van der Waals surface area (Å²) in [6.45, 7) is 0. The van der Waals surface area contributed by atoms with Crippen LogP contribution in [-0.4, -0.2) is 26.2 Å². The van der Waals surface area contributed by atoms with E-state index in [-0.39, 0.29) is 6.42 Å². The predicted molar refractivity (Wildman–Crippen MR) is 86.4 cm³/mol. The van der Waals surface area contributed by atoms with E-state index >= 15 is 0 Å². The second kappa shape index (κ2) is 7.01. The highest BCUT2D eigenvalue weighted by Crippen LogP contribution is 2.24. The quantitative estimate of drug-likeness (QED) is 0.672. The lowest BCUT2D eigenvalue weighted by atomic mass is 10.1. The summed E-state index contributed by atoms with van der Waals surface area (Å²) in [6.07, 6.45) is 1.81. The van der Waals surface area contributed by atoms with Gasteiger partial charge in [0.25, 0.3) is 0 Å². The van der Waals surface area contributed by atoms with Gasteiger partial charge in [0.15, 0.2) is 0 Å². The molecule has 122 valence electrons. The summed E-state index contributed by atoms with van der Waals surface area (Å²) in [5, 5.41) is 19.4. The van der Waals surface area contributed by atoms with Crippen molar-refractivity contribution < 1.29 is 14.3 Å². The number of hydrogen-bond acceptors (Lipinski definition) is 4. The van der Waals surface area contributed by atoms with Crippen LogP contribution in [0.15, 0.2) is 54.9 Å². The molecule has 0 radical (unpaired) electrons. The van der Waals surface area contributed by atoms with E-state index in [1.54, 1.807) is 24.4 Å². The third-order valence-corrected chi connectivity index (χ3v) is 3.45. The van der Waals surface area contributed by atoms with Gasteiger partial charge in [-0.3, -0.25) is 14.9 Å². The van der Waals surface area contributed by atoms with Gasteiger partial charge in [0, 0.05) is 6.20 Å². The molecular formula is C17H15FN4O2. The SMILES string of the molecule is O=C(CC(O)c1cccc(F)c1)Nc1cn[nH]c1-c1ccccn1. The van der Waals surface area contributed by atoms with Crippen molar-refractivity contribution in [3.63, 3.8) is 0 Å². The number of aliphatic hydroxyl groups is 1. The number of amides is 1. The maximum absolute atomic E-state index is 13.2. The fourth-order valence-corrected chi connectivity index (χ4v) is 2.30. The minimum Gasteiger partial charge on any atom is -0.388 e. The van der Waals surface area contributed by atoms with Crippen LogP contribution in [0.1, 0.15) is 18.1 Å². The van der Waals surface area contributed by atoms with Gasteiger partial charge in [0.1, 0.15) is 11.5 Å². The van der Waals surface area contributed by atoms with Crippen LogP contribution in [0.3, 0.4) is 0 Å². The van der Waals surface area contributed by atoms with Crippen LogP contribution < -0.4 is 5.32 Å². The first-order valence-electron chi connectivity index (χ1n) is 7.31. The van der Waals surface area contributed by atoms with E-state index in [2.05, 4.69) is 20.5 Å². The number of hydrogen-bond donors (Lipinski definition) is 3. The Morgan fingerprint density at radius 3 is 2.92 bits per heavy atom. The summed E-state index contributed by atoms with van der Waals surface area (Å²) in [5.41, 5.74) is 2.02. The molecule has 3 rings (SSSR count). The monoisotopic (exact) mass is 326 g/mol. The Kier molecular flexibility index (Phi) is 4.62. The van der Waals surface area contributed by atoms with Crippen molar-refractivity contribution in [3.8, 4) is 11.4 Å². The van der Waals surface area contributed by atoms with E-state index in [1.165, 1.54) is 24.4 Å². The molecule has 3 aromatic rings. The number of pyridine rings is 1. The van der Waals surface area contributed by atoms with Gasteiger partial charge in [-0.15, -0.1) is 0 Å². The van der Waals surface area contributed by atoms with Gasteiger partial charge in [-0.2, -0.15) is 5.10 Å². The zero-order valence-corrected chi connectivity index (χ0v) is 12.6. The number of aromatic amines is 1. The number of rotatable bonds is 5. The molecule has 7 heteroatoms. The van der Waals surface area contributed by atoms with Gasteiger partial charge in [-0.25, -0.2) is 4.39 Å². The lowest BCUT2D eigenvalue weighted by molar-refractivity contribution is -0.118. The molecule has 2 aromatic heterocycles. The van der Waals surface area contributed by atoms with Crippen molar-refractivity contribution in [1.29, 1.82) is 0 Å². The molecule has 0 aliphatic rings. The molecule has 1 amide bonds. The summed E-state index contributed by atoms with van der Waals surface area (Å²) in [5.74, 6) is -0.871. The first-order chi connectivity index (χ1) is 11.6. The number of halogens is 1. The number of anilines is 1. The minimum atomic E-state index is -1.09. The van der Waals surface area contributed by atoms with Crippen molar-refractivity contribution in [1.82, 2.24) is 15.2 Å². The molecule has 0 aliphatic carbocycles. The van der Waals surface area contributed by atoms with Crippen LogP contribution in [0.4, 0.5) is 10.1 Å². The molecule has 0 bridgehead atoms. The second-order valence-corrected chi connectivity index (χ2v) is 5.20. The fraction of sp³-hybridized carbons (Fsp3) is 0.118. The molecule has 0 saturated carbocycles. The Hall–Kier alpha value is -3.06. The summed E-state index contributed by atoms with van der Waals surface area (Å²) in [6, 6.07) is 10.9. The zero-order chi connectivity index (χ0) is 16.9. The smallest absolute Gasteiger partial charge is 0.227 e. The van der Waals surface area contributed by atoms with Crippen molar-refractivity contribution in [2.24, 2.45) is 0 Å². The second-order valence-electron chi connectivity index (χ2n) is 5.20. The van der Waals surface area contributed by atoms with E-state index in [1.807, 2.05) is 6.07 Å². The van der Waals surface area contributed by atoms with Crippen molar-refractivity contribution in [2.45, 2.75) is 12.5 Å². The molecule has 3 N–H and O–H groups in total. The van der Waals surface area contributed by atoms with Gasteiger partial charge in [0.2, 0.25) is 5.91 Å². The van der Waals surface area contributed by atoms with Gasteiger partial charge in [-0.1, -0.05) is 18.2 Å². The summed E-state index contributed by atoms with van der Waals surface area (Å²) in [7, 11) is 0. The topological polar surface area (TPSA) is 90.9 Å². The van der Waals surface area contributed by atoms with Gasteiger partial charge in [-0.05, 0) is 29.8 Å². The van der Waals surface area contributed by atoms with Crippen LogP contribution in [-0.2, 0) is 4.79 Å². The summed E-state index contributed by atoms with van der Waals surface area (Å²) >= 11 is 0. The highest BCUT2D eigenvalue weighted by atomic mass is 19.1. The first kappa shape index (κ1) is 15.8. The van der Waals surface area contributed by atoms with Crippen LogP contribution in [0.25, 0.3) is 11.4 Å². The van der Waals surface area contributed by atoms with Gasteiger partial charge < -0.3 is 10.4 Å². The minimum absolute atomic E-state index is 0.198. The highest BCUT2D eigenvalue weighted by molar-refractivity contribution is 5.94. The lowest BCUT2D eigenvalue weighted by Gasteiger charge is -2.11. The number of aliphatic hydroxyl groups excluding tert-OH is 1. The number of benzene rings is 1. The molecule has 1 atom stereocenters. The molecule has 2 heterocycles. The van der Waals surface area contributed by atoms with Crippen LogP contribution in [0.2, 0.25) is 0 Å². The van der Waals surface area contributed by atoms with Crippen molar-refractivity contribution in [2.75, 3.05) is 5.32 Å². The van der Waals surface area contributed by atoms with Crippen LogP contribution in [0.5, 0.6) is 0 Å². The van der Waals surface area contributed by atoms with E-state index in [4.69, 9.17) is 0 Å². The van der Waals surface area contributed by atoms with Gasteiger partial charge >= 0.3 is 0 Å². The summed E-state index contributed by atoms with van der Waals surface area (Å²) in [4.78, 5) is 16.3. The Bertz CT molecular complexity index is 835. The zero-order valence-electron chi connectivity index (χ0n) is 12.6. The number of carbonyl (C=O) groups is 1. The first-order valence-corrected chi connectivity index (χ1v) is 7.31. The third kappa shape index (κ3) is 3.64. The molecule has 1 aromatic carbocycles. The number of nitrogens with zero attached hydrogens (tertiary/aromatic N) is 2. The maximum atomic E-state index is 13.2. The largest absolute Gasteiger partial charge is 0.388 e. The molecule has 0 aliphatic heterocycles. The Morgan fingerprint density at radius 2 is 2.17 bits per heavy atom. The van der Waals surface area contributed by atoms with E-state index in [0.717, 1.165) is 0 Å². The molecule has 0 spiro atoms. The fourth-order valence-electron chi connectivity index (χ4n) is 2.30. The summed E-state index contributed by atoms with van der Waals surface area (Å²) < 4.78 is 13.2. The van der Waals surface area contributed by atoms with E-state index in [9.17, 15) is 14.3 Å². The van der Waals surface area contributed by atoms with Gasteiger partial charge in [0.05, 0.1) is 30.1 Å². The third-order valence-electron chi connectivity index (χ3n) is 3.45. The van der Waals surface area contributed by atoms with E-state index in [0.29, 0.717) is 22.6 Å². The van der Waals surface area contributed by atoms with Crippen LogP contribution in [0, 0.1) is 5.82 Å². The Labute approximate surface area is 137 Å². The Balaban J connectivity index is 1.69. The molecule has 6 nitrogen and oxygen atoms in total. The number of H-pyrrole nitrogens is 1. The molecular weight excluding hydrogens is 311 g/mol. The number of carbonyl (C=O) groups excluding carboxylic acids is 1. The predicted octanol–water partition coefficient (Wildman–Crippen LogP) is 2.67. The van der Waals surface area contributed by atoms with Crippen molar-refractivity contribution >= 4 is 11.6 Å². The lowest BCUT2D eigenvalue weighted by Crippen LogP contribution is -2.15. The molecule has 1 unspecified atom stereocenters. The number of aromatic nitrogens is 3. The standard InChI is InChI=1S/C17H15FN4O2/c18-12-5-3-4-11(8-12)15(23)9-16(24)21-14-10-20-22-17(14)13-6-1-2-7-19-13/h1-8,10,15,23H,9H2,(H,20,22)(H,21,24). The molecule has 0 fully saturated rings. The Morgan fingerprint density at radius 1 is 1.29 bits per heavy atom. The number of nitrogens with one attached hydrogen (secondary N) is 2. The average molecular weight is 326 g/mol. The normalized spacial score (nSPS) is 11.9. The maximum Gasteiger partial charge on any atom is 0.227 e. The van der Waals surface area contributed by atoms with E-state index < -0.39 is 17.8 Å². The van der Waals surface area contributed by atoms with Crippen LogP contribution >= 0.6 is 0 Å². The van der Waals surface area contributed by atoms with Crippen molar-refractivity contribution in [3.05, 3.63) is 66.2 Å². The molecule has 24 heavy (non-hydrogen) atoms. The highest BCUT2D eigenvalue weighted by Gasteiger charge is 2.16. The average Bonchev–Trinajstić information content (AvgIpc) is 3.03.